The van der Waals surface area contributed by atoms with Crippen molar-refractivity contribution < 1.29 is 4.79 Å². The molecule has 32 heavy (non-hydrogen) atoms. The van der Waals surface area contributed by atoms with Crippen molar-refractivity contribution in [2.75, 3.05) is 13.1 Å². The topological polar surface area (TPSA) is 50.2 Å². The summed E-state index contributed by atoms with van der Waals surface area (Å²) in [6.45, 7) is 3.70. The molecule has 1 aliphatic carbocycles. The van der Waals surface area contributed by atoms with Gasteiger partial charge < -0.3 is 0 Å². The van der Waals surface area contributed by atoms with E-state index in [1.807, 2.05) is 46.8 Å². The second-order valence-electron chi connectivity index (χ2n) is 8.60. The summed E-state index contributed by atoms with van der Waals surface area (Å²) < 4.78 is 1.93. The zero-order valence-corrected chi connectivity index (χ0v) is 19.9. The summed E-state index contributed by atoms with van der Waals surface area (Å²) in [5.41, 5.74) is 5.73. The van der Waals surface area contributed by atoms with Crippen LogP contribution in [-0.4, -0.2) is 33.6 Å². The Hall–Kier alpha value is -2.05. The van der Waals surface area contributed by atoms with E-state index in [4.69, 9.17) is 39.8 Å². The molecule has 5 rings (SSSR count). The molecule has 1 N–H and O–H groups in total. The lowest BCUT2D eigenvalue weighted by Gasteiger charge is -2.17. The third-order valence-corrected chi connectivity index (χ3v) is 7.37. The number of fused-ring (bicyclic) bond motifs is 1. The normalized spacial score (nSPS) is 20.5. The van der Waals surface area contributed by atoms with Gasteiger partial charge in [0, 0.05) is 34.4 Å². The summed E-state index contributed by atoms with van der Waals surface area (Å²) >= 11 is 18.7. The summed E-state index contributed by atoms with van der Waals surface area (Å²) in [6, 6.07) is 12.7. The van der Waals surface area contributed by atoms with Crippen LogP contribution in [0, 0.1) is 18.8 Å². The van der Waals surface area contributed by atoms with Gasteiger partial charge in [0.05, 0.1) is 10.7 Å². The Labute approximate surface area is 202 Å². The lowest BCUT2D eigenvalue weighted by atomic mass is 10.0. The quantitative estimate of drug-likeness (QED) is 0.476. The van der Waals surface area contributed by atoms with E-state index >= 15 is 0 Å². The van der Waals surface area contributed by atoms with Crippen molar-refractivity contribution in [2.45, 2.75) is 26.2 Å². The van der Waals surface area contributed by atoms with E-state index < -0.39 is 0 Å². The molecule has 5 nitrogen and oxygen atoms in total. The number of rotatable bonds is 4. The summed E-state index contributed by atoms with van der Waals surface area (Å²) in [4.78, 5) is 18.0. The first-order valence-corrected chi connectivity index (χ1v) is 11.9. The van der Waals surface area contributed by atoms with Crippen LogP contribution in [0.4, 0.5) is 0 Å². The number of amides is 1. The van der Waals surface area contributed by atoms with Crippen LogP contribution in [0.5, 0.6) is 0 Å². The van der Waals surface area contributed by atoms with E-state index in [-0.39, 0.29) is 5.91 Å². The first-order chi connectivity index (χ1) is 15.4. The largest absolute Gasteiger partial charge is 0.296 e. The third-order valence-electron chi connectivity index (χ3n) is 6.57. The molecule has 0 spiro atoms. The first kappa shape index (κ1) is 21.8. The minimum absolute atomic E-state index is 0.207. The molecule has 0 radical (unpaired) electrons. The number of imidazole rings is 1. The number of hydrogen-bond acceptors (Lipinski definition) is 3. The first-order valence-electron chi connectivity index (χ1n) is 10.8. The minimum Gasteiger partial charge on any atom is -0.296 e. The standard InChI is InChI=1S/C24H23Cl3N4O/c1-14-22(24(32)29-30-12-15-3-2-4-16(15)13-30)28-23(20-10-7-18(26)11-21(20)27)31(14)19-8-5-17(25)6-9-19/h5-11,15-16H,2-4,12-13H2,1H3,(H,29,32). The van der Waals surface area contributed by atoms with Crippen molar-refractivity contribution in [3.8, 4) is 17.1 Å². The molecule has 8 heteroatoms. The molecular weight excluding hydrogens is 467 g/mol. The van der Waals surface area contributed by atoms with Crippen molar-refractivity contribution in [3.63, 3.8) is 0 Å². The number of carbonyl (C=O) groups is 1. The number of halogens is 3. The van der Waals surface area contributed by atoms with E-state index in [2.05, 4.69) is 5.43 Å². The summed E-state index contributed by atoms with van der Waals surface area (Å²) in [7, 11) is 0. The van der Waals surface area contributed by atoms with Crippen LogP contribution in [0.2, 0.25) is 15.1 Å². The highest BCUT2D eigenvalue weighted by molar-refractivity contribution is 6.36. The van der Waals surface area contributed by atoms with Crippen molar-refractivity contribution in [3.05, 3.63) is 68.9 Å². The van der Waals surface area contributed by atoms with Gasteiger partial charge in [-0.3, -0.25) is 14.8 Å². The van der Waals surface area contributed by atoms with E-state index in [0.717, 1.165) is 24.5 Å². The number of nitrogens with zero attached hydrogens (tertiary/aromatic N) is 3. The zero-order valence-electron chi connectivity index (χ0n) is 17.6. The lowest BCUT2D eigenvalue weighted by Crippen LogP contribution is -2.41. The fourth-order valence-corrected chi connectivity index (χ4v) is 5.62. The molecule has 1 saturated heterocycles. The number of hydrogen-bond donors (Lipinski definition) is 1. The Morgan fingerprint density at radius 1 is 1.00 bits per heavy atom. The number of hydrazine groups is 1. The van der Waals surface area contributed by atoms with Gasteiger partial charge in [0.25, 0.3) is 5.91 Å². The van der Waals surface area contributed by atoms with Crippen LogP contribution in [0.15, 0.2) is 42.5 Å². The molecule has 2 aliphatic rings. The second kappa shape index (κ2) is 8.71. The third kappa shape index (κ3) is 4.03. The maximum Gasteiger partial charge on any atom is 0.286 e. The molecule has 2 atom stereocenters. The number of nitrogens with one attached hydrogen (secondary N) is 1. The highest BCUT2D eigenvalue weighted by Crippen LogP contribution is 2.37. The van der Waals surface area contributed by atoms with Gasteiger partial charge in [0.2, 0.25) is 0 Å². The monoisotopic (exact) mass is 488 g/mol. The molecule has 2 fully saturated rings. The van der Waals surface area contributed by atoms with Crippen molar-refractivity contribution in [1.29, 1.82) is 0 Å². The van der Waals surface area contributed by atoms with Gasteiger partial charge in [-0.25, -0.2) is 9.99 Å². The Balaban J connectivity index is 1.53. The van der Waals surface area contributed by atoms with Gasteiger partial charge in [0.1, 0.15) is 5.82 Å². The molecule has 1 aromatic heterocycles. The minimum atomic E-state index is -0.207. The predicted octanol–water partition coefficient (Wildman–Crippen LogP) is 6.18. The lowest BCUT2D eigenvalue weighted by molar-refractivity contribution is 0.0809. The molecule has 0 bridgehead atoms. The van der Waals surface area contributed by atoms with E-state index in [1.54, 1.807) is 12.1 Å². The predicted molar refractivity (Wildman–Crippen MR) is 129 cm³/mol. The van der Waals surface area contributed by atoms with Crippen molar-refractivity contribution in [2.24, 2.45) is 11.8 Å². The van der Waals surface area contributed by atoms with E-state index in [1.165, 1.54) is 19.3 Å². The molecule has 1 amide bonds. The van der Waals surface area contributed by atoms with Gasteiger partial charge in [-0.05, 0) is 74.1 Å². The van der Waals surface area contributed by atoms with Crippen LogP contribution in [0.1, 0.15) is 35.4 Å². The van der Waals surface area contributed by atoms with Crippen LogP contribution >= 0.6 is 34.8 Å². The Morgan fingerprint density at radius 3 is 2.31 bits per heavy atom. The van der Waals surface area contributed by atoms with Crippen molar-refractivity contribution in [1.82, 2.24) is 20.0 Å². The van der Waals surface area contributed by atoms with Gasteiger partial charge >= 0.3 is 0 Å². The molecule has 2 heterocycles. The van der Waals surface area contributed by atoms with Gasteiger partial charge in [0.15, 0.2) is 5.69 Å². The number of carbonyl (C=O) groups excluding carboxylic acids is 1. The van der Waals surface area contributed by atoms with Crippen LogP contribution < -0.4 is 5.43 Å². The van der Waals surface area contributed by atoms with Crippen LogP contribution in [-0.2, 0) is 0 Å². The average Bonchev–Trinajstić information content (AvgIpc) is 3.42. The van der Waals surface area contributed by atoms with E-state index in [0.29, 0.717) is 44.0 Å². The zero-order chi connectivity index (χ0) is 22.4. The average molecular weight is 490 g/mol. The second-order valence-corrected chi connectivity index (χ2v) is 9.88. The van der Waals surface area contributed by atoms with Crippen molar-refractivity contribution >= 4 is 40.7 Å². The SMILES string of the molecule is Cc1c(C(=O)NN2CC3CCCC3C2)nc(-c2ccc(Cl)cc2Cl)n1-c1ccc(Cl)cc1. The fraction of sp³-hybridized carbons (Fsp3) is 0.333. The molecule has 2 unspecified atom stereocenters. The molecular formula is C24H23Cl3N4O. The van der Waals surface area contributed by atoms with Gasteiger partial charge in [-0.2, -0.15) is 0 Å². The Kier molecular flexibility index (Phi) is 5.93. The van der Waals surface area contributed by atoms with Crippen LogP contribution in [0.3, 0.4) is 0 Å². The smallest absolute Gasteiger partial charge is 0.286 e. The van der Waals surface area contributed by atoms with Gasteiger partial charge in [-0.15, -0.1) is 0 Å². The maximum atomic E-state index is 13.3. The maximum absolute atomic E-state index is 13.3. The highest BCUT2D eigenvalue weighted by Gasteiger charge is 2.37. The Bertz CT molecular complexity index is 1160. The highest BCUT2D eigenvalue weighted by atomic mass is 35.5. The van der Waals surface area contributed by atoms with Crippen LogP contribution in [0.25, 0.3) is 17.1 Å². The molecule has 3 aromatic rings. The van der Waals surface area contributed by atoms with E-state index in [9.17, 15) is 4.79 Å². The molecule has 166 valence electrons. The molecule has 1 aliphatic heterocycles. The number of aromatic nitrogens is 2. The summed E-state index contributed by atoms with van der Waals surface area (Å²) in [5, 5.41) is 3.69. The number of benzene rings is 2. The van der Waals surface area contributed by atoms with Gasteiger partial charge in [-0.1, -0.05) is 41.2 Å². The summed E-state index contributed by atoms with van der Waals surface area (Å²) in [6.07, 6.45) is 3.80. The Morgan fingerprint density at radius 2 is 1.66 bits per heavy atom. The molecule has 2 aromatic carbocycles. The fourth-order valence-electron chi connectivity index (χ4n) is 5.00. The molecule has 1 saturated carbocycles. The summed E-state index contributed by atoms with van der Waals surface area (Å²) in [5.74, 6) is 1.74.